The van der Waals surface area contributed by atoms with Crippen molar-refractivity contribution in [1.82, 2.24) is 4.98 Å². The Labute approximate surface area is 136 Å². The lowest BCUT2D eigenvalue weighted by Gasteiger charge is -2.25. The van der Waals surface area contributed by atoms with E-state index in [1.807, 2.05) is 37.8 Å². The van der Waals surface area contributed by atoms with Crippen LogP contribution in [0.5, 0.6) is 5.75 Å². The molecule has 1 heterocycles. The summed E-state index contributed by atoms with van der Waals surface area (Å²) in [5.41, 5.74) is 2.80. The number of anilines is 2. The Bertz CT molecular complexity index is 698. The van der Waals surface area contributed by atoms with Gasteiger partial charge in [-0.25, -0.2) is 4.79 Å². The minimum Gasteiger partial charge on any atom is -0.508 e. The third kappa shape index (κ3) is 3.44. The number of esters is 1. The molecule has 0 saturated carbocycles. The Morgan fingerprint density at radius 2 is 2.09 bits per heavy atom. The maximum Gasteiger partial charge on any atom is 0.341 e. The van der Waals surface area contributed by atoms with Gasteiger partial charge in [0.15, 0.2) is 0 Å². The normalized spacial score (nSPS) is 10.7. The second-order valence-electron chi connectivity index (χ2n) is 5.53. The van der Waals surface area contributed by atoms with Crippen LogP contribution in [0.2, 0.25) is 0 Å². The molecule has 0 aliphatic rings. The van der Waals surface area contributed by atoms with Crippen LogP contribution in [0.3, 0.4) is 0 Å². The number of phenolic OH excluding ortho intramolecular Hbond substituents is 1. The first-order valence-electron chi connectivity index (χ1n) is 7.62. The standard InChI is InChI=1S/C18H22N2O3/c1-5-20(13-6-7-14(12(2)3)17(21)10-13)16-8-9-19-11-15(16)18(22)23-4/h6-12,21H,5H2,1-4H3. The third-order valence-corrected chi connectivity index (χ3v) is 3.76. The Kier molecular flexibility index (Phi) is 5.21. The molecule has 2 aromatic rings. The van der Waals surface area contributed by atoms with E-state index in [1.165, 1.54) is 13.3 Å². The molecule has 0 aliphatic carbocycles. The van der Waals surface area contributed by atoms with Crippen molar-refractivity contribution in [2.24, 2.45) is 0 Å². The van der Waals surface area contributed by atoms with Crippen LogP contribution in [-0.4, -0.2) is 29.7 Å². The molecule has 1 N–H and O–H groups in total. The lowest BCUT2D eigenvalue weighted by Crippen LogP contribution is -2.20. The molecule has 2 rings (SSSR count). The zero-order chi connectivity index (χ0) is 17.0. The summed E-state index contributed by atoms with van der Waals surface area (Å²) in [5.74, 6) is 0.0601. The van der Waals surface area contributed by atoms with Gasteiger partial charge in [0.25, 0.3) is 0 Å². The van der Waals surface area contributed by atoms with Crippen molar-refractivity contribution in [3.05, 3.63) is 47.8 Å². The number of benzene rings is 1. The highest BCUT2D eigenvalue weighted by atomic mass is 16.5. The predicted octanol–water partition coefficient (Wildman–Crippen LogP) is 3.86. The lowest BCUT2D eigenvalue weighted by atomic mass is 10.0. The number of ether oxygens (including phenoxy) is 1. The monoisotopic (exact) mass is 314 g/mol. The summed E-state index contributed by atoms with van der Waals surface area (Å²) in [7, 11) is 1.35. The highest BCUT2D eigenvalue weighted by Gasteiger charge is 2.18. The summed E-state index contributed by atoms with van der Waals surface area (Å²) < 4.78 is 4.83. The van der Waals surface area contributed by atoms with Crippen molar-refractivity contribution in [2.75, 3.05) is 18.6 Å². The van der Waals surface area contributed by atoms with Crippen LogP contribution in [0.25, 0.3) is 0 Å². The fourth-order valence-electron chi connectivity index (χ4n) is 2.57. The topological polar surface area (TPSA) is 62.7 Å². The van der Waals surface area contributed by atoms with Crippen LogP contribution in [0.1, 0.15) is 42.6 Å². The number of nitrogens with zero attached hydrogens (tertiary/aromatic N) is 2. The van der Waals surface area contributed by atoms with Crippen molar-refractivity contribution in [3.8, 4) is 5.75 Å². The molecule has 0 fully saturated rings. The van der Waals surface area contributed by atoms with Crippen molar-refractivity contribution < 1.29 is 14.6 Å². The molecule has 0 amide bonds. The quantitative estimate of drug-likeness (QED) is 0.849. The van der Waals surface area contributed by atoms with Crippen LogP contribution in [0.15, 0.2) is 36.7 Å². The number of pyridine rings is 1. The summed E-state index contributed by atoms with van der Waals surface area (Å²) in [6, 6.07) is 7.35. The average molecular weight is 314 g/mol. The Hall–Kier alpha value is -2.56. The Morgan fingerprint density at radius 3 is 2.65 bits per heavy atom. The first kappa shape index (κ1) is 16.8. The van der Waals surface area contributed by atoms with Crippen molar-refractivity contribution >= 4 is 17.3 Å². The van der Waals surface area contributed by atoms with E-state index in [0.29, 0.717) is 17.8 Å². The van der Waals surface area contributed by atoms with Gasteiger partial charge in [0.2, 0.25) is 0 Å². The van der Waals surface area contributed by atoms with Crippen molar-refractivity contribution in [1.29, 1.82) is 0 Å². The highest BCUT2D eigenvalue weighted by Crippen LogP contribution is 2.34. The molecule has 1 aromatic carbocycles. The summed E-state index contributed by atoms with van der Waals surface area (Å²) in [4.78, 5) is 17.9. The largest absolute Gasteiger partial charge is 0.508 e. The molecule has 0 aliphatic heterocycles. The maximum atomic E-state index is 12.0. The van der Waals surface area contributed by atoms with Gasteiger partial charge in [-0.15, -0.1) is 0 Å². The number of hydrogen-bond donors (Lipinski definition) is 1. The molecule has 0 bridgehead atoms. The van der Waals surface area contributed by atoms with Gasteiger partial charge in [-0.05, 0) is 30.5 Å². The van der Waals surface area contributed by atoms with Crippen LogP contribution in [-0.2, 0) is 4.74 Å². The molecule has 0 spiro atoms. The first-order chi connectivity index (χ1) is 11.0. The van der Waals surface area contributed by atoms with Crippen LogP contribution in [0, 0.1) is 0 Å². The van der Waals surface area contributed by atoms with Gasteiger partial charge in [0.1, 0.15) is 11.3 Å². The fraction of sp³-hybridized carbons (Fsp3) is 0.333. The summed E-state index contributed by atoms with van der Waals surface area (Å²) in [6.07, 6.45) is 3.12. The number of carbonyl (C=O) groups excluding carboxylic acids is 1. The first-order valence-corrected chi connectivity index (χ1v) is 7.62. The molecule has 122 valence electrons. The number of carbonyl (C=O) groups is 1. The number of aromatic hydroxyl groups is 1. The number of methoxy groups -OCH3 is 1. The Balaban J connectivity index is 2.49. The zero-order valence-electron chi connectivity index (χ0n) is 13.9. The number of phenols is 1. The Morgan fingerprint density at radius 1 is 1.35 bits per heavy atom. The number of hydrogen-bond acceptors (Lipinski definition) is 5. The molecule has 0 radical (unpaired) electrons. The van der Waals surface area contributed by atoms with Gasteiger partial charge >= 0.3 is 5.97 Å². The van der Waals surface area contributed by atoms with Gasteiger partial charge in [-0.2, -0.15) is 0 Å². The van der Waals surface area contributed by atoms with Gasteiger partial charge in [-0.3, -0.25) is 4.98 Å². The molecule has 5 nitrogen and oxygen atoms in total. The molecule has 0 unspecified atom stereocenters. The van der Waals surface area contributed by atoms with Gasteiger partial charge in [0.05, 0.1) is 12.8 Å². The second kappa shape index (κ2) is 7.13. The molecular weight excluding hydrogens is 292 g/mol. The predicted molar refractivity (Wildman–Crippen MR) is 90.5 cm³/mol. The smallest absolute Gasteiger partial charge is 0.341 e. The molecule has 0 atom stereocenters. The SMILES string of the molecule is CCN(c1ccc(C(C)C)c(O)c1)c1ccncc1C(=O)OC. The van der Waals surface area contributed by atoms with Gasteiger partial charge in [-0.1, -0.05) is 19.9 Å². The zero-order valence-corrected chi connectivity index (χ0v) is 13.9. The summed E-state index contributed by atoms with van der Waals surface area (Å²) >= 11 is 0. The van der Waals surface area contributed by atoms with E-state index in [-0.39, 0.29) is 11.7 Å². The fourth-order valence-corrected chi connectivity index (χ4v) is 2.57. The molecule has 0 saturated heterocycles. The van der Waals surface area contributed by atoms with E-state index in [0.717, 1.165) is 11.3 Å². The van der Waals surface area contributed by atoms with E-state index in [4.69, 9.17) is 4.74 Å². The van der Waals surface area contributed by atoms with E-state index >= 15 is 0 Å². The molecule has 23 heavy (non-hydrogen) atoms. The summed E-state index contributed by atoms with van der Waals surface area (Å²) in [5, 5.41) is 10.2. The molecule has 5 heteroatoms. The van der Waals surface area contributed by atoms with E-state index < -0.39 is 5.97 Å². The maximum absolute atomic E-state index is 12.0. The van der Waals surface area contributed by atoms with Gasteiger partial charge < -0.3 is 14.7 Å². The molecular formula is C18H22N2O3. The minimum atomic E-state index is -0.436. The van der Waals surface area contributed by atoms with Crippen molar-refractivity contribution in [2.45, 2.75) is 26.7 Å². The van der Waals surface area contributed by atoms with Crippen LogP contribution in [0.4, 0.5) is 11.4 Å². The van der Waals surface area contributed by atoms with Gasteiger partial charge in [0, 0.05) is 30.7 Å². The van der Waals surface area contributed by atoms with E-state index in [9.17, 15) is 9.90 Å². The minimum absolute atomic E-state index is 0.241. The highest BCUT2D eigenvalue weighted by molar-refractivity contribution is 5.96. The van der Waals surface area contributed by atoms with Crippen LogP contribution >= 0.6 is 0 Å². The number of rotatable bonds is 5. The van der Waals surface area contributed by atoms with Crippen molar-refractivity contribution in [3.63, 3.8) is 0 Å². The second-order valence-corrected chi connectivity index (χ2v) is 5.53. The van der Waals surface area contributed by atoms with E-state index in [1.54, 1.807) is 18.3 Å². The average Bonchev–Trinajstić information content (AvgIpc) is 2.55. The summed E-state index contributed by atoms with van der Waals surface area (Å²) in [6.45, 7) is 6.68. The van der Waals surface area contributed by atoms with Crippen LogP contribution < -0.4 is 4.90 Å². The third-order valence-electron chi connectivity index (χ3n) is 3.76. The lowest BCUT2D eigenvalue weighted by molar-refractivity contribution is 0.0601. The molecule has 1 aromatic heterocycles. The number of aromatic nitrogens is 1. The van der Waals surface area contributed by atoms with E-state index in [2.05, 4.69) is 4.98 Å².